The Morgan fingerprint density at radius 2 is 1.01 bits per heavy atom. The first kappa shape index (κ1) is 59.8. The maximum Gasteiger partial charge on any atom is 0.505 e. The van der Waals surface area contributed by atoms with E-state index in [0.29, 0.717) is 16.3 Å². The molecule has 0 aliphatic carbocycles. The van der Waals surface area contributed by atoms with Crippen LogP contribution in [0.4, 0.5) is 0 Å². The van der Waals surface area contributed by atoms with Gasteiger partial charge in [-0.3, -0.25) is 0 Å². The maximum absolute atomic E-state index is 8.94. The van der Waals surface area contributed by atoms with E-state index in [4.69, 9.17) is 24.4 Å². The molecule has 2 aliphatic heterocycles. The molecule has 2 fully saturated rings. The lowest BCUT2D eigenvalue weighted by molar-refractivity contribution is 0.00578. The molecular weight excluding hydrogens is 956 g/mol. The quantitative estimate of drug-likeness (QED) is 0.0839. The van der Waals surface area contributed by atoms with Crippen molar-refractivity contribution in [2.24, 2.45) is 10.8 Å². The zero-order chi connectivity index (χ0) is 54.4. The second-order valence-electron chi connectivity index (χ2n) is 23.2. The molecule has 0 unspecified atom stereocenters. The number of unbranched alkanes of at least 4 members (excludes halogenated alkanes) is 4. The van der Waals surface area contributed by atoms with Crippen molar-refractivity contribution in [1.82, 2.24) is 0 Å². The number of aryl methyl sites for hydroxylation is 2. The normalized spacial score (nSPS) is 15.7. The van der Waals surface area contributed by atoms with Crippen molar-refractivity contribution < 1.29 is 24.4 Å². The van der Waals surface area contributed by atoms with E-state index < -0.39 is 7.12 Å². The highest BCUT2D eigenvalue weighted by atomic mass is 32.1. The smallest absolute Gasteiger partial charge is 0.451 e. The summed E-state index contributed by atoms with van der Waals surface area (Å²) in [5.74, 6) is 0. The van der Waals surface area contributed by atoms with Gasteiger partial charge in [-0.15, -0.1) is 22.7 Å². The van der Waals surface area contributed by atoms with E-state index in [9.17, 15) is 0 Å². The Hall–Kier alpha value is -4.44. The molecule has 4 heterocycles. The van der Waals surface area contributed by atoms with E-state index in [2.05, 4.69) is 185 Å². The summed E-state index contributed by atoms with van der Waals surface area (Å²) in [6, 6.07) is 52.7. The number of hydrogen-bond donors (Lipinski definition) is 3. The molecule has 2 aliphatic rings. The predicted octanol–water partition coefficient (Wildman–Crippen LogP) is 15.6. The molecule has 0 atom stereocenters. The molecule has 8 aromatic rings. The number of fused-ring (bicyclic) bond motifs is 3. The van der Waals surface area contributed by atoms with Gasteiger partial charge < -0.3 is 24.4 Å². The van der Waals surface area contributed by atoms with E-state index in [1.165, 1.54) is 98.4 Å². The van der Waals surface area contributed by atoms with Crippen molar-refractivity contribution in [2.75, 3.05) is 0 Å². The summed E-state index contributed by atoms with van der Waals surface area (Å²) >= 11 is 3.72. The Balaban J connectivity index is 0.000000162. The summed E-state index contributed by atoms with van der Waals surface area (Å²) in [5, 5.41) is 34.1. The Morgan fingerprint density at radius 3 is 1.55 bits per heavy atom. The van der Waals surface area contributed by atoms with E-state index in [-0.39, 0.29) is 25.2 Å². The molecule has 0 spiro atoms. The highest BCUT2D eigenvalue weighted by Gasteiger charge is 2.52. The SMILES string of the molecule is CC1(C)CB(c2ccc3ccccc3c2)CC1(C)C.CCCCB(C)O.CCCCCCc1ccc(-c2ccc(B3OC(C)(C)C(C)(C)O3)s2)s1.Cc1ccc2ccccc2c1.OB(O)c1ccc2ccccc2c1. The standard InChI is InChI=1S/C20H29BO2S2.C18H23B.C11H10.C10H9BO2.C5H13BO/c1-6-7-8-9-10-15-11-12-16(24-15)17-13-14-18(25-17)21-22-19(2,3)20(4,5)23-21;1-17(2)12-19(13-18(17,3)4)16-10-9-14-7-5-6-8-15(14)11-16;1-9-6-7-10-4-2-3-5-11(10)8-9;12-11(13)10-6-5-8-3-1-2-4-9(8)7-10;1-3-4-5-6(2)7/h11-14H,6-10H2,1-5H3;5-11H,12-13H2,1-4H3;2-8H,1H3;1-7,12-13H;7H,3-5H2,1-2H3. The van der Waals surface area contributed by atoms with Crippen LogP contribution in [-0.4, -0.2) is 54.1 Å². The fourth-order valence-corrected chi connectivity index (χ4v) is 11.8. The number of hydrogen-bond acceptors (Lipinski definition) is 7. The molecule has 75 heavy (non-hydrogen) atoms. The van der Waals surface area contributed by atoms with Crippen LogP contribution in [0.1, 0.15) is 118 Å². The topological polar surface area (TPSA) is 79.2 Å². The summed E-state index contributed by atoms with van der Waals surface area (Å²) in [7, 11) is -1.64. The Bertz CT molecular complexity index is 2980. The summed E-state index contributed by atoms with van der Waals surface area (Å²) < 4.78 is 13.5. The second-order valence-corrected chi connectivity index (χ2v) is 25.5. The van der Waals surface area contributed by atoms with Crippen LogP contribution in [0.15, 0.2) is 152 Å². The molecule has 394 valence electrons. The van der Waals surface area contributed by atoms with Crippen LogP contribution >= 0.6 is 22.7 Å². The molecule has 10 rings (SSSR count). The third-order valence-corrected chi connectivity index (χ3v) is 18.3. The average Bonchev–Trinajstić information content (AvgIpc) is 4.16. The van der Waals surface area contributed by atoms with Gasteiger partial charge in [0.05, 0.1) is 11.2 Å². The van der Waals surface area contributed by atoms with Gasteiger partial charge in [-0.1, -0.05) is 238 Å². The zero-order valence-corrected chi connectivity index (χ0v) is 48.9. The zero-order valence-electron chi connectivity index (χ0n) is 47.3. The van der Waals surface area contributed by atoms with Gasteiger partial charge in [0.2, 0.25) is 0 Å². The fraction of sp³-hybridized carbons (Fsp3) is 0.406. The third-order valence-electron chi connectivity index (χ3n) is 15.8. The highest BCUT2D eigenvalue weighted by molar-refractivity contribution is 7.28. The van der Waals surface area contributed by atoms with Gasteiger partial charge in [0.15, 0.2) is 6.71 Å². The summed E-state index contributed by atoms with van der Waals surface area (Å²) in [6.07, 6.45) is 12.4. The Kier molecular flexibility index (Phi) is 21.7. The van der Waals surface area contributed by atoms with Gasteiger partial charge in [-0.25, -0.2) is 0 Å². The lowest BCUT2D eigenvalue weighted by Gasteiger charge is -2.35. The Morgan fingerprint density at radius 1 is 0.520 bits per heavy atom. The van der Waals surface area contributed by atoms with Gasteiger partial charge in [-0.2, -0.15) is 0 Å². The molecule has 0 saturated carbocycles. The maximum atomic E-state index is 8.94. The number of thiophene rings is 2. The molecule has 0 amide bonds. The summed E-state index contributed by atoms with van der Waals surface area (Å²) in [4.78, 5) is 4.17. The van der Waals surface area contributed by atoms with E-state index in [1.807, 2.05) is 48.5 Å². The van der Waals surface area contributed by atoms with Crippen molar-refractivity contribution >= 4 is 98.6 Å². The third kappa shape index (κ3) is 16.8. The van der Waals surface area contributed by atoms with Crippen molar-refractivity contribution in [3.63, 3.8) is 0 Å². The predicted molar refractivity (Wildman–Crippen MR) is 334 cm³/mol. The van der Waals surface area contributed by atoms with Crippen LogP contribution in [0, 0.1) is 17.8 Å². The molecule has 5 nitrogen and oxygen atoms in total. The average molecular weight is 1040 g/mol. The van der Waals surface area contributed by atoms with Crippen LogP contribution in [0.2, 0.25) is 25.8 Å². The first-order chi connectivity index (χ1) is 35.6. The molecule has 2 saturated heterocycles. The molecule has 6 aromatic carbocycles. The van der Waals surface area contributed by atoms with Crippen LogP contribution < -0.4 is 15.7 Å². The first-order valence-electron chi connectivity index (χ1n) is 27.6. The van der Waals surface area contributed by atoms with Gasteiger partial charge in [0.25, 0.3) is 6.92 Å². The molecule has 0 bridgehead atoms. The molecule has 3 N–H and O–H groups in total. The van der Waals surface area contributed by atoms with Crippen molar-refractivity contribution in [1.29, 1.82) is 0 Å². The van der Waals surface area contributed by atoms with Crippen LogP contribution in [0.3, 0.4) is 0 Å². The van der Waals surface area contributed by atoms with Crippen molar-refractivity contribution in [3.8, 4) is 9.75 Å². The number of rotatable bonds is 12. The summed E-state index contributed by atoms with van der Waals surface area (Å²) in [6.45, 7) is 27.1. The minimum absolute atomic E-state index is 0.0973. The number of benzene rings is 6. The van der Waals surface area contributed by atoms with Crippen molar-refractivity contribution in [3.05, 3.63) is 162 Å². The van der Waals surface area contributed by atoms with Gasteiger partial charge in [-0.05, 0) is 121 Å². The lowest BCUT2D eigenvalue weighted by atomic mass is 9.42. The largest absolute Gasteiger partial charge is 0.505 e. The lowest BCUT2D eigenvalue weighted by Crippen LogP contribution is -2.41. The molecular formula is C64H84B4O5S2. The summed E-state index contributed by atoms with van der Waals surface area (Å²) in [5.41, 5.74) is 3.68. The fourth-order valence-electron chi connectivity index (χ4n) is 9.67. The van der Waals surface area contributed by atoms with Gasteiger partial charge >= 0.3 is 14.2 Å². The van der Waals surface area contributed by atoms with E-state index >= 15 is 0 Å². The van der Waals surface area contributed by atoms with Gasteiger partial charge in [0.1, 0.15) is 0 Å². The van der Waals surface area contributed by atoms with E-state index in [1.54, 1.807) is 23.5 Å². The molecule has 11 heteroatoms. The highest BCUT2D eigenvalue weighted by Crippen LogP contribution is 2.52. The first-order valence-corrected chi connectivity index (χ1v) is 29.3. The van der Waals surface area contributed by atoms with Crippen LogP contribution in [0.5, 0.6) is 0 Å². The van der Waals surface area contributed by atoms with Crippen LogP contribution in [-0.2, 0) is 15.7 Å². The van der Waals surface area contributed by atoms with Crippen LogP contribution in [0.25, 0.3) is 42.1 Å². The monoisotopic (exact) mass is 1040 g/mol. The van der Waals surface area contributed by atoms with Gasteiger partial charge in [0, 0.05) is 19.4 Å². The molecule has 0 radical (unpaired) electrons. The van der Waals surface area contributed by atoms with E-state index in [0.717, 1.165) is 35.0 Å². The minimum Gasteiger partial charge on any atom is -0.451 e. The Labute approximate surface area is 461 Å². The minimum atomic E-state index is -1.38. The molecule has 2 aromatic heterocycles. The second kappa shape index (κ2) is 27.2. The van der Waals surface area contributed by atoms with Crippen molar-refractivity contribution in [2.45, 2.75) is 158 Å².